The van der Waals surface area contributed by atoms with Crippen molar-refractivity contribution >= 4 is 23.2 Å². The number of hydrogen-bond acceptors (Lipinski definition) is 5. The zero-order chi connectivity index (χ0) is 18.5. The largest absolute Gasteiger partial charge is 0.497 e. The second kappa shape index (κ2) is 8.31. The van der Waals surface area contributed by atoms with Gasteiger partial charge in [-0.25, -0.2) is 4.98 Å². The molecule has 1 aliphatic heterocycles. The van der Waals surface area contributed by atoms with Gasteiger partial charge < -0.3 is 15.0 Å². The van der Waals surface area contributed by atoms with Crippen LogP contribution in [-0.2, 0) is 16.0 Å². The van der Waals surface area contributed by atoms with Gasteiger partial charge >= 0.3 is 0 Å². The Morgan fingerprint density at radius 1 is 1.38 bits per heavy atom. The summed E-state index contributed by atoms with van der Waals surface area (Å²) < 4.78 is 5.17. The maximum absolute atomic E-state index is 12.2. The molecule has 0 spiro atoms. The van der Waals surface area contributed by atoms with Crippen LogP contribution in [-0.4, -0.2) is 48.4 Å². The number of nitrogens with zero attached hydrogens (tertiary/aromatic N) is 2. The lowest BCUT2D eigenvalue weighted by molar-refractivity contribution is -0.128. The molecule has 3 rings (SSSR count). The van der Waals surface area contributed by atoms with Gasteiger partial charge in [0.2, 0.25) is 11.8 Å². The Morgan fingerprint density at radius 2 is 2.15 bits per heavy atom. The molecule has 6 nitrogen and oxygen atoms in total. The molecule has 1 fully saturated rings. The van der Waals surface area contributed by atoms with Crippen LogP contribution in [0.15, 0.2) is 29.6 Å². The van der Waals surface area contributed by atoms with E-state index in [1.165, 1.54) is 0 Å². The second-order valence-electron chi connectivity index (χ2n) is 6.23. The molecule has 0 aliphatic carbocycles. The molecule has 1 aromatic heterocycles. The van der Waals surface area contributed by atoms with E-state index >= 15 is 0 Å². The summed E-state index contributed by atoms with van der Waals surface area (Å²) >= 11 is 1.59. The van der Waals surface area contributed by atoms with Gasteiger partial charge in [0, 0.05) is 43.4 Å². The SMILES string of the molecule is CCN1C[C@H](C(=O)NCCc2nc(-c3ccc(OC)cc3)cs2)CC1=O. The number of methoxy groups -OCH3 is 1. The van der Waals surface area contributed by atoms with Gasteiger partial charge in [-0.15, -0.1) is 11.3 Å². The lowest BCUT2D eigenvalue weighted by Crippen LogP contribution is -2.34. The number of carbonyl (C=O) groups excluding carboxylic acids is 2. The van der Waals surface area contributed by atoms with Gasteiger partial charge in [0.25, 0.3) is 0 Å². The third-order valence-electron chi connectivity index (χ3n) is 4.54. The third-order valence-corrected chi connectivity index (χ3v) is 5.45. The Morgan fingerprint density at radius 3 is 2.81 bits per heavy atom. The predicted molar refractivity (Wildman–Crippen MR) is 101 cm³/mol. The van der Waals surface area contributed by atoms with Crippen LogP contribution in [0.4, 0.5) is 0 Å². The van der Waals surface area contributed by atoms with E-state index in [1.807, 2.05) is 36.6 Å². The Kier molecular flexibility index (Phi) is 5.88. The number of benzene rings is 1. The Bertz CT molecular complexity index is 773. The van der Waals surface area contributed by atoms with E-state index in [0.29, 0.717) is 32.5 Å². The molecule has 138 valence electrons. The number of nitrogens with one attached hydrogen (secondary N) is 1. The monoisotopic (exact) mass is 373 g/mol. The minimum atomic E-state index is -0.228. The summed E-state index contributed by atoms with van der Waals surface area (Å²) in [6.45, 7) is 3.65. The summed E-state index contributed by atoms with van der Waals surface area (Å²) in [5.74, 6) is 0.616. The van der Waals surface area contributed by atoms with Gasteiger partial charge in [0.1, 0.15) is 5.75 Å². The van der Waals surface area contributed by atoms with E-state index in [9.17, 15) is 9.59 Å². The fourth-order valence-electron chi connectivity index (χ4n) is 3.01. The molecule has 7 heteroatoms. The molecular formula is C19H23N3O3S. The Balaban J connectivity index is 1.49. The highest BCUT2D eigenvalue weighted by molar-refractivity contribution is 7.09. The van der Waals surface area contributed by atoms with Crippen LogP contribution in [0, 0.1) is 5.92 Å². The van der Waals surface area contributed by atoms with Gasteiger partial charge in [-0.05, 0) is 31.2 Å². The highest BCUT2D eigenvalue weighted by Gasteiger charge is 2.33. The van der Waals surface area contributed by atoms with Crippen LogP contribution < -0.4 is 10.1 Å². The molecule has 2 aromatic rings. The fourth-order valence-corrected chi connectivity index (χ4v) is 3.82. The van der Waals surface area contributed by atoms with Crippen molar-refractivity contribution in [2.24, 2.45) is 5.92 Å². The second-order valence-corrected chi connectivity index (χ2v) is 7.17. The number of thiazole rings is 1. The summed E-state index contributed by atoms with van der Waals surface area (Å²) in [5, 5.41) is 5.94. The molecule has 26 heavy (non-hydrogen) atoms. The summed E-state index contributed by atoms with van der Waals surface area (Å²) in [6.07, 6.45) is 1.00. The molecule has 0 radical (unpaired) electrons. The van der Waals surface area contributed by atoms with Crippen LogP contribution in [0.2, 0.25) is 0 Å². The molecule has 0 unspecified atom stereocenters. The first kappa shape index (κ1) is 18.4. The number of aromatic nitrogens is 1. The predicted octanol–water partition coefficient (Wildman–Crippen LogP) is 2.35. The number of ether oxygens (including phenoxy) is 1. The standard InChI is InChI=1S/C19H23N3O3S/c1-3-22-11-14(10-18(22)23)19(24)20-9-8-17-21-16(12-26-17)13-4-6-15(25-2)7-5-13/h4-7,12,14H,3,8-11H2,1-2H3,(H,20,24)/t14-/m1/s1. The van der Waals surface area contributed by atoms with E-state index in [0.717, 1.165) is 22.0 Å². The molecule has 1 aliphatic rings. The fraction of sp³-hybridized carbons (Fsp3) is 0.421. The molecule has 2 heterocycles. The number of carbonyl (C=O) groups is 2. The van der Waals surface area contributed by atoms with Crippen molar-refractivity contribution in [3.63, 3.8) is 0 Å². The zero-order valence-corrected chi connectivity index (χ0v) is 15.8. The van der Waals surface area contributed by atoms with Crippen molar-refractivity contribution in [2.45, 2.75) is 19.8 Å². The van der Waals surface area contributed by atoms with Crippen LogP contribution in [0.1, 0.15) is 18.4 Å². The van der Waals surface area contributed by atoms with E-state index < -0.39 is 0 Å². The Hall–Kier alpha value is -2.41. The van der Waals surface area contributed by atoms with Gasteiger partial charge in [-0.2, -0.15) is 0 Å². The smallest absolute Gasteiger partial charge is 0.225 e. The van der Waals surface area contributed by atoms with Crippen molar-refractivity contribution in [1.29, 1.82) is 0 Å². The molecule has 1 N–H and O–H groups in total. The van der Waals surface area contributed by atoms with Crippen LogP contribution in [0.3, 0.4) is 0 Å². The normalized spacial score (nSPS) is 16.8. The van der Waals surface area contributed by atoms with Gasteiger partial charge in [0.05, 0.1) is 23.7 Å². The minimum Gasteiger partial charge on any atom is -0.497 e. The van der Waals surface area contributed by atoms with E-state index in [-0.39, 0.29) is 17.7 Å². The lowest BCUT2D eigenvalue weighted by Gasteiger charge is -2.13. The average Bonchev–Trinajstić information content (AvgIpc) is 3.28. The van der Waals surface area contributed by atoms with E-state index in [1.54, 1.807) is 23.3 Å². The lowest BCUT2D eigenvalue weighted by atomic mass is 10.1. The van der Waals surface area contributed by atoms with Crippen LogP contribution >= 0.6 is 11.3 Å². The maximum Gasteiger partial charge on any atom is 0.225 e. The zero-order valence-electron chi connectivity index (χ0n) is 15.0. The molecular weight excluding hydrogens is 350 g/mol. The topological polar surface area (TPSA) is 71.5 Å². The number of likely N-dealkylation sites (tertiary alicyclic amines) is 1. The van der Waals surface area contributed by atoms with Crippen LogP contribution in [0.5, 0.6) is 5.75 Å². The first-order chi connectivity index (χ1) is 12.6. The molecule has 1 atom stereocenters. The first-order valence-electron chi connectivity index (χ1n) is 8.75. The summed E-state index contributed by atoms with van der Waals surface area (Å²) in [5.41, 5.74) is 1.97. The van der Waals surface area contributed by atoms with Gasteiger partial charge in [0.15, 0.2) is 0 Å². The van der Waals surface area contributed by atoms with Crippen molar-refractivity contribution in [3.8, 4) is 17.0 Å². The quantitative estimate of drug-likeness (QED) is 0.809. The number of amides is 2. The number of rotatable bonds is 7. The first-order valence-corrected chi connectivity index (χ1v) is 9.63. The highest BCUT2D eigenvalue weighted by Crippen LogP contribution is 2.24. The molecule has 0 bridgehead atoms. The molecule has 1 saturated heterocycles. The third kappa shape index (κ3) is 4.22. The van der Waals surface area contributed by atoms with E-state index in [4.69, 9.17) is 4.74 Å². The summed E-state index contributed by atoms with van der Waals surface area (Å²) in [6, 6.07) is 7.79. The maximum atomic E-state index is 12.2. The Labute approximate surface area is 157 Å². The van der Waals surface area contributed by atoms with Gasteiger partial charge in [-0.3, -0.25) is 9.59 Å². The number of hydrogen-bond donors (Lipinski definition) is 1. The van der Waals surface area contributed by atoms with Gasteiger partial charge in [-0.1, -0.05) is 0 Å². The van der Waals surface area contributed by atoms with Crippen molar-refractivity contribution in [3.05, 3.63) is 34.7 Å². The summed E-state index contributed by atoms with van der Waals surface area (Å²) in [4.78, 5) is 30.3. The van der Waals surface area contributed by atoms with Crippen molar-refractivity contribution in [2.75, 3.05) is 26.7 Å². The van der Waals surface area contributed by atoms with Crippen molar-refractivity contribution in [1.82, 2.24) is 15.2 Å². The van der Waals surface area contributed by atoms with E-state index in [2.05, 4.69) is 10.3 Å². The minimum absolute atomic E-state index is 0.0405. The highest BCUT2D eigenvalue weighted by atomic mass is 32.1. The molecule has 0 saturated carbocycles. The molecule has 1 aromatic carbocycles. The van der Waals surface area contributed by atoms with Crippen LogP contribution in [0.25, 0.3) is 11.3 Å². The molecule has 2 amide bonds. The average molecular weight is 373 g/mol. The summed E-state index contributed by atoms with van der Waals surface area (Å²) in [7, 11) is 1.64. The van der Waals surface area contributed by atoms with Crippen molar-refractivity contribution < 1.29 is 14.3 Å².